The fraction of sp³-hybridized carbons (Fsp3) is 0.643. The predicted molar refractivity (Wildman–Crippen MR) is 77.0 cm³/mol. The third-order valence-electron chi connectivity index (χ3n) is 2.68. The van der Waals surface area contributed by atoms with Gasteiger partial charge in [-0.25, -0.2) is 9.78 Å². The molecular weight excluding hydrogens is 274 g/mol. The molecule has 1 amide bonds. The third-order valence-corrected chi connectivity index (χ3v) is 2.68. The van der Waals surface area contributed by atoms with Gasteiger partial charge >= 0.3 is 12.1 Å². The highest BCUT2D eigenvalue weighted by atomic mass is 16.6. The summed E-state index contributed by atoms with van der Waals surface area (Å²) in [6, 6.07) is -0.582. The maximum atomic E-state index is 11.9. The van der Waals surface area contributed by atoms with Crippen LogP contribution in [0.5, 0.6) is 0 Å². The van der Waals surface area contributed by atoms with E-state index in [1.54, 1.807) is 33.3 Å². The molecule has 0 aliphatic heterocycles. The number of carbonyl (C=O) groups is 2. The molecule has 2 N–H and O–H groups in total. The van der Waals surface area contributed by atoms with Crippen LogP contribution in [0.1, 0.15) is 58.8 Å². The summed E-state index contributed by atoms with van der Waals surface area (Å²) in [5.41, 5.74) is -0.00543. The molecule has 0 saturated carbocycles. The molecule has 1 aromatic rings. The number of hydrogen-bond acceptors (Lipinski definition) is 4. The lowest BCUT2D eigenvalue weighted by Crippen LogP contribution is -2.36. The van der Waals surface area contributed by atoms with Gasteiger partial charge in [-0.05, 0) is 34.6 Å². The molecule has 0 bridgehead atoms. The van der Waals surface area contributed by atoms with Crippen LogP contribution in [0.3, 0.4) is 0 Å². The Morgan fingerprint density at radius 2 is 2.05 bits per heavy atom. The van der Waals surface area contributed by atoms with Crippen molar-refractivity contribution in [3.05, 3.63) is 18.2 Å². The predicted octanol–water partition coefficient (Wildman–Crippen LogP) is 2.50. The maximum absolute atomic E-state index is 11.9. The highest BCUT2D eigenvalue weighted by molar-refractivity contribution is 5.72. The van der Waals surface area contributed by atoms with Crippen LogP contribution in [-0.4, -0.2) is 32.3 Å². The van der Waals surface area contributed by atoms with Crippen LogP contribution in [0.2, 0.25) is 0 Å². The Balaban J connectivity index is 2.93. The molecule has 1 aromatic heterocycles. The summed E-state index contributed by atoms with van der Waals surface area (Å²) >= 11 is 0. The van der Waals surface area contributed by atoms with E-state index < -0.39 is 23.7 Å². The van der Waals surface area contributed by atoms with Crippen molar-refractivity contribution in [1.82, 2.24) is 14.9 Å². The van der Waals surface area contributed by atoms with E-state index in [9.17, 15) is 9.59 Å². The van der Waals surface area contributed by atoms with Gasteiger partial charge in [0.1, 0.15) is 5.60 Å². The Hall–Kier alpha value is -2.05. The highest BCUT2D eigenvalue weighted by Gasteiger charge is 2.25. The van der Waals surface area contributed by atoms with Gasteiger partial charge in [-0.3, -0.25) is 4.79 Å². The van der Waals surface area contributed by atoms with Gasteiger partial charge in [0, 0.05) is 6.04 Å². The summed E-state index contributed by atoms with van der Waals surface area (Å²) in [7, 11) is 0. The maximum Gasteiger partial charge on any atom is 0.408 e. The molecule has 7 heteroatoms. The molecule has 0 radical (unpaired) electrons. The summed E-state index contributed by atoms with van der Waals surface area (Å²) in [6.45, 7) is 9.15. The van der Waals surface area contributed by atoms with Gasteiger partial charge in [-0.1, -0.05) is 0 Å². The normalized spacial score (nSPS) is 13.0. The van der Waals surface area contributed by atoms with Crippen molar-refractivity contribution in [2.45, 2.75) is 58.7 Å². The lowest BCUT2D eigenvalue weighted by Gasteiger charge is -2.24. The van der Waals surface area contributed by atoms with Crippen LogP contribution in [0, 0.1) is 0 Å². The van der Waals surface area contributed by atoms with Crippen molar-refractivity contribution >= 4 is 12.1 Å². The molecule has 1 atom stereocenters. The van der Waals surface area contributed by atoms with Gasteiger partial charge in [0.05, 0.1) is 30.7 Å². The zero-order chi connectivity index (χ0) is 16.2. The number of alkyl carbamates (subject to hydrolysis) is 1. The van der Waals surface area contributed by atoms with Crippen molar-refractivity contribution in [3.8, 4) is 0 Å². The van der Waals surface area contributed by atoms with Crippen molar-refractivity contribution < 1.29 is 19.4 Å². The number of nitrogens with zero attached hydrogens (tertiary/aromatic N) is 2. The fourth-order valence-electron chi connectivity index (χ4n) is 1.87. The zero-order valence-corrected chi connectivity index (χ0v) is 13.1. The minimum Gasteiger partial charge on any atom is -0.481 e. The molecule has 0 unspecified atom stereocenters. The molecule has 1 rings (SSSR count). The molecule has 0 aliphatic rings. The first-order valence-corrected chi connectivity index (χ1v) is 6.83. The SMILES string of the molecule is CC(C)n1cncc1[C@H](CC(=O)O)NC(=O)OC(C)(C)C. The first kappa shape index (κ1) is 17.0. The second-order valence-corrected chi connectivity index (χ2v) is 6.12. The summed E-state index contributed by atoms with van der Waals surface area (Å²) < 4.78 is 7.00. The Morgan fingerprint density at radius 1 is 1.43 bits per heavy atom. The number of rotatable bonds is 5. The molecule has 0 spiro atoms. The molecule has 0 aromatic carbocycles. The standard InChI is InChI=1S/C14H23N3O4/c1-9(2)17-8-15-7-11(17)10(6-12(18)19)16-13(20)21-14(3,4)5/h7-10H,6H2,1-5H3,(H,16,20)(H,18,19)/t10-/m0/s1. The number of carbonyl (C=O) groups excluding carboxylic acids is 1. The van der Waals surface area contributed by atoms with Crippen LogP contribution in [0.4, 0.5) is 4.79 Å². The van der Waals surface area contributed by atoms with Crippen LogP contribution < -0.4 is 5.32 Å². The van der Waals surface area contributed by atoms with Gasteiger partial charge in [0.25, 0.3) is 0 Å². The average molecular weight is 297 g/mol. The first-order valence-electron chi connectivity index (χ1n) is 6.83. The number of imidazole rings is 1. The number of amides is 1. The quantitative estimate of drug-likeness (QED) is 0.871. The van der Waals surface area contributed by atoms with Gasteiger partial charge in [0.15, 0.2) is 0 Å². The summed E-state index contributed by atoms with van der Waals surface area (Å²) in [6.07, 6.45) is 2.29. The number of hydrogen-bond donors (Lipinski definition) is 2. The van der Waals surface area contributed by atoms with Crippen LogP contribution in [-0.2, 0) is 9.53 Å². The number of aliphatic carboxylic acids is 1. The Bertz CT molecular complexity index is 503. The molecule has 7 nitrogen and oxygen atoms in total. The van der Waals surface area contributed by atoms with Crippen LogP contribution in [0.25, 0.3) is 0 Å². The summed E-state index contributed by atoms with van der Waals surface area (Å²) in [5.74, 6) is -1.01. The Morgan fingerprint density at radius 3 is 2.52 bits per heavy atom. The highest BCUT2D eigenvalue weighted by Crippen LogP contribution is 2.21. The Kier molecular flexibility index (Phi) is 5.34. The lowest BCUT2D eigenvalue weighted by molar-refractivity contribution is -0.137. The van der Waals surface area contributed by atoms with Crippen molar-refractivity contribution in [2.24, 2.45) is 0 Å². The second-order valence-electron chi connectivity index (χ2n) is 6.12. The number of aromatic nitrogens is 2. The minimum absolute atomic E-state index is 0.110. The molecule has 118 valence electrons. The lowest BCUT2D eigenvalue weighted by atomic mass is 10.1. The average Bonchev–Trinajstić information content (AvgIpc) is 2.73. The molecule has 21 heavy (non-hydrogen) atoms. The third kappa shape index (κ3) is 5.45. The fourth-order valence-corrected chi connectivity index (χ4v) is 1.87. The van der Waals surface area contributed by atoms with E-state index in [1.807, 2.05) is 18.4 Å². The van der Waals surface area contributed by atoms with Gasteiger partial charge in [-0.2, -0.15) is 0 Å². The van der Waals surface area contributed by atoms with E-state index in [-0.39, 0.29) is 12.5 Å². The number of carboxylic acid groups (broad SMARTS) is 1. The van der Waals surface area contributed by atoms with E-state index in [4.69, 9.17) is 9.84 Å². The molecule has 1 heterocycles. The molecular formula is C14H23N3O4. The number of carboxylic acids is 1. The van der Waals surface area contributed by atoms with Gasteiger partial charge < -0.3 is 19.7 Å². The summed E-state index contributed by atoms with van der Waals surface area (Å²) in [5, 5.41) is 11.6. The largest absolute Gasteiger partial charge is 0.481 e. The van der Waals surface area contributed by atoms with E-state index in [0.29, 0.717) is 5.69 Å². The van der Waals surface area contributed by atoms with E-state index >= 15 is 0 Å². The van der Waals surface area contributed by atoms with Crippen molar-refractivity contribution in [3.63, 3.8) is 0 Å². The van der Waals surface area contributed by atoms with Gasteiger partial charge in [-0.15, -0.1) is 0 Å². The minimum atomic E-state index is -1.01. The molecule has 0 fully saturated rings. The smallest absolute Gasteiger partial charge is 0.408 e. The van der Waals surface area contributed by atoms with Crippen LogP contribution in [0.15, 0.2) is 12.5 Å². The van der Waals surface area contributed by atoms with E-state index in [1.165, 1.54) is 0 Å². The van der Waals surface area contributed by atoms with E-state index in [0.717, 1.165) is 0 Å². The van der Waals surface area contributed by atoms with E-state index in [2.05, 4.69) is 10.3 Å². The monoisotopic (exact) mass is 297 g/mol. The number of ether oxygens (including phenoxy) is 1. The van der Waals surface area contributed by atoms with Crippen molar-refractivity contribution in [2.75, 3.05) is 0 Å². The molecule has 0 aliphatic carbocycles. The summed E-state index contributed by atoms with van der Waals surface area (Å²) in [4.78, 5) is 26.9. The topological polar surface area (TPSA) is 93.5 Å². The number of nitrogens with one attached hydrogen (secondary N) is 1. The van der Waals surface area contributed by atoms with Crippen LogP contribution >= 0.6 is 0 Å². The second kappa shape index (κ2) is 6.60. The first-order chi connectivity index (χ1) is 9.60. The van der Waals surface area contributed by atoms with Crippen molar-refractivity contribution in [1.29, 1.82) is 0 Å². The molecule has 0 saturated heterocycles. The van der Waals surface area contributed by atoms with Gasteiger partial charge in [0.2, 0.25) is 0 Å². The zero-order valence-electron chi connectivity index (χ0n) is 13.1. The Labute approximate surface area is 124 Å².